The van der Waals surface area contributed by atoms with Crippen LogP contribution in [0.3, 0.4) is 0 Å². The zero-order chi connectivity index (χ0) is 10.6. The zero-order valence-electron chi connectivity index (χ0n) is 8.56. The summed E-state index contributed by atoms with van der Waals surface area (Å²) in [7, 11) is 3.26. The molecule has 0 heterocycles. The smallest absolute Gasteiger partial charge is 0.148 e. The van der Waals surface area contributed by atoms with Gasteiger partial charge in [0, 0.05) is 5.56 Å². The molecule has 0 spiro atoms. The molecule has 0 bridgehead atoms. The van der Waals surface area contributed by atoms with Crippen molar-refractivity contribution in [3.8, 4) is 11.5 Å². The summed E-state index contributed by atoms with van der Waals surface area (Å²) < 4.78 is 10.4. The SMILES string of the molecule is COc1ccc(NCCl)c(OC)c1C. The fourth-order valence-corrected chi connectivity index (χ4v) is 1.51. The number of hydrogen-bond acceptors (Lipinski definition) is 3. The Hall–Kier alpha value is -1.09. The van der Waals surface area contributed by atoms with Gasteiger partial charge < -0.3 is 14.8 Å². The summed E-state index contributed by atoms with van der Waals surface area (Å²) in [5, 5.41) is 3.00. The second-order valence-corrected chi connectivity index (χ2v) is 3.05. The Balaban J connectivity index is 3.14. The minimum atomic E-state index is 0.349. The van der Waals surface area contributed by atoms with Crippen molar-refractivity contribution in [3.63, 3.8) is 0 Å². The van der Waals surface area contributed by atoms with E-state index in [4.69, 9.17) is 21.1 Å². The van der Waals surface area contributed by atoms with Crippen LogP contribution >= 0.6 is 11.6 Å². The predicted octanol–water partition coefficient (Wildman–Crippen LogP) is 2.62. The van der Waals surface area contributed by atoms with Gasteiger partial charge in [0.05, 0.1) is 25.9 Å². The third-order valence-corrected chi connectivity index (χ3v) is 2.17. The van der Waals surface area contributed by atoms with Crippen LogP contribution < -0.4 is 14.8 Å². The van der Waals surface area contributed by atoms with Gasteiger partial charge in [-0.15, -0.1) is 11.6 Å². The Kier molecular flexibility index (Phi) is 3.89. The summed E-state index contributed by atoms with van der Waals surface area (Å²) in [5.74, 6) is 1.58. The van der Waals surface area contributed by atoms with E-state index in [1.54, 1.807) is 14.2 Å². The lowest BCUT2D eigenvalue weighted by Crippen LogP contribution is -2.00. The number of alkyl halides is 1. The fraction of sp³-hybridized carbons (Fsp3) is 0.400. The third kappa shape index (κ3) is 2.04. The van der Waals surface area contributed by atoms with E-state index in [2.05, 4.69) is 5.32 Å². The van der Waals surface area contributed by atoms with Crippen molar-refractivity contribution >= 4 is 17.3 Å². The van der Waals surface area contributed by atoms with Gasteiger partial charge in [0.1, 0.15) is 11.5 Å². The standard InChI is InChI=1S/C10H14ClNO2/c1-7-9(13-2)5-4-8(12-6-11)10(7)14-3/h4-5,12H,6H2,1-3H3. The van der Waals surface area contributed by atoms with Crippen LogP contribution in [0, 0.1) is 6.92 Å². The lowest BCUT2D eigenvalue weighted by atomic mass is 10.1. The molecule has 0 aliphatic heterocycles. The molecule has 78 valence electrons. The Morgan fingerprint density at radius 3 is 2.50 bits per heavy atom. The number of rotatable bonds is 4. The minimum Gasteiger partial charge on any atom is -0.496 e. The van der Waals surface area contributed by atoms with Crippen LogP contribution in [0.1, 0.15) is 5.56 Å². The number of hydrogen-bond donors (Lipinski definition) is 1. The van der Waals surface area contributed by atoms with Crippen LogP contribution in [0.15, 0.2) is 12.1 Å². The molecule has 14 heavy (non-hydrogen) atoms. The van der Waals surface area contributed by atoms with Crippen molar-refractivity contribution in [2.45, 2.75) is 6.92 Å². The maximum Gasteiger partial charge on any atom is 0.148 e. The van der Waals surface area contributed by atoms with Gasteiger partial charge in [-0.05, 0) is 19.1 Å². The number of ether oxygens (including phenoxy) is 2. The summed E-state index contributed by atoms with van der Waals surface area (Å²) in [6, 6.07) is 4.11. The molecule has 0 aliphatic carbocycles. The van der Waals surface area contributed by atoms with E-state index in [1.165, 1.54) is 0 Å². The van der Waals surface area contributed by atoms with Crippen molar-refractivity contribution in [2.24, 2.45) is 0 Å². The van der Waals surface area contributed by atoms with Crippen molar-refractivity contribution in [2.75, 3.05) is 25.5 Å². The number of anilines is 1. The third-order valence-electron chi connectivity index (χ3n) is 2.04. The summed E-state index contributed by atoms with van der Waals surface area (Å²) in [4.78, 5) is 0. The molecule has 0 fully saturated rings. The van der Waals surface area contributed by atoms with E-state index < -0.39 is 0 Å². The monoisotopic (exact) mass is 215 g/mol. The first-order chi connectivity index (χ1) is 6.74. The Labute approximate surface area is 89.0 Å². The zero-order valence-corrected chi connectivity index (χ0v) is 9.31. The summed E-state index contributed by atoms with van der Waals surface area (Å²) in [6.07, 6.45) is 0. The van der Waals surface area contributed by atoms with Crippen molar-refractivity contribution in [1.29, 1.82) is 0 Å². The average molecular weight is 216 g/mol. The Morgan fingerprint density at radius 2 is 2.00 bits per heavy atom. The molecular formula is C10H14ClNO2. The van der Waals surface area contributed by atoms with Crippen LogP contribution in [0.2, 0.25) is 0 Å². The Morgan fingerprint density at radius 1 is 1.29 bits per heavy atom. The summed E-state index contributed by atoms with van der Waals surface area (Å²) >= 11 is 5.59. The number of benzene rings is 1. The molecule has 0 amide bonds. The molecule has 0 aliphatic rings. The van der Waals surface area contributed by atoms with Gasteiger partial charge in [0.25, 0.3) is 0 Å². The molecular weight excluding hydrogens is 202 g/mol. The van der Waals surface area contributed by atoms with E-state index in [-0.39, 0.29) is 0 Å². The van der Waals surface area contributed by atoms with Crippen LogP contribution in [0.5, 0.6) is 11.5 Å². The highest BCUT2D eigenvalue weighted by Crippen LogP contribution is 2.34. The largest absolute Gasteiger partial charge is 0.496 e. The normalized spacial score (nSPS) is 9.71. The van der Waals surface area contributed by atoms with E-state index in [1.807, 2.05) is 19.1 Å². The summed E-state index contributed by atoms with van der Waals surface area (Å²) in [6.45, 7) is 1.94. The summed E-state index contributed by atoms with van der Waals surface area (Å²) in [5.41, 5.74) is 1.84. The van der Waals surface area contributed by atoms with Crippen LogP contribution in [0.4, 0.5) is 5.69 Å². The van der Waals surface area contributed by atoms with Crippen molar-refractivity contribution < 1.29 is 9.47 Å². The molecule has 0 aromatic heterocycles. The molecule has 1 aromatic carbocycles. The minimum absolute atomic E-state index is 0.349. The van der Waals surface area contributed by atoms with E-state index in [0.29, 0.717) is 6.00 Å². The van der Waals surface area contributed by atoms with Gasteiger partial charge in [0.15, 0.2) is 0 Å². The molecule has 4 heteroatoms. The molecule has 3 nitrogen and oxygen atoms in total. The second-order valence-electron chi connectivity index (χ2n) is 2.78. The molecule has 0 saturated heterocycles. The van der Waals surface area contributed by atoms with E-state index in [0.717, 1.165) is 22.7 Å². The van der Waals surface area contributed by atoms with Gasteiger partial charge in [-0.2, -0.15) is 0 Å². The highest BCUT2D eigenvalue weighted by molar-refractivity contribution is 6.18. The van der Waals surface area contributed by atoms with E-state index in [9.17, 15) is 0 Å². The van der Waals surface area contributed by atoms with Gasteiger partial charge in [-0.1, -0.05) is 0 Å². The highest BCUT2D eigenvalue weighted by atomic mass is 35.5. The first kappa shape index (κ1) is 11.0. The maximum atomic E-state index is 5.59. The van der Waals surface area contributed by atoms with Gasteiger partial charge in [0.2, 0.25) is 0 Å². The first-order valence-electron chi connectivity index (χ1n) is 4.26. The molecule has 1 aromatic rings. The quantitative estimate of drug-likeness (QED) is 0.619. The fourth-order valence-electron chi connectivity index (χ4n) is 1.37. The molecule has 0 unspecified atom stereocenters. The first-order valence-corrected chi connectivity index (χ1v) is 4.79. The predicted molar refractivity (Wildman–Crippen MR) is 58.6 cm³/mol. The van der Waals surface area contributed by atoms with Crippen molar-refractivity contribution in [3.05, 3.63) is 17.7 Å². The molecule has 0 radical (unpaired) electrons. The second kappa shape index (κ2) is 4.96. The number of nitrogens with one attached hydrogen (secondary N) is 1. The van der Waals surface area contributed by atoms with Crippen LogP contribution in [-0.4, -0.2) is 20.2 Å². The van der Waals surface area contributed by atoms with Gasteiger partial charge in [-0.3, -0.25) is 0 Å². The lowest BCUT2D eigenvalue weighted by Gasteiger charge is -2.14. The molecule has 1 rings (SSSR count). The number of halogens is 1. The van der Waals surface area contributed by atoms with Gasteiger partial charge in [-0.25, -0.2) is 0 Å². The van der Waals surface area contributed by atoms with Crippen LogP contribution in [-0.2, 0) is 0 Å². The van der Waals surface area contributed by atoms with Crippen LogP contribution in [0.25, 0.3) is 0 Å². The molecule has 0 saturated carbocycles. The highest BCUT2D eigenvalue weighted by Gasteiger charge is 2.09. The topological polar surface area (TPSA) is 30.5 Å². The van der Waals surface area contributed by atoms with Crippen molar-refractivity contribution in [1.82, 2.24) is 0 Å². The maximum absolute atomic E-state index is 5.59. The number of methoxy groups -OCH3 is 2. The molecule has 0 atom stereocenters. The van der Waals surface area contributed by atoms with E-state index >= 15 is 0 Å². The lowest BCUT2D eigenvalue weighted by molar-refractivity contribution is 0.390. The van der Waals surface area contributed by atoms with Gasteiger partial charge >= 0.3 is 0 Å². The Bertz CT molecular complexity index is 315. The molecule has 1 N–H and O–H groups in total. The average Bonchev–Trinajstić information content (AvgIpc) is 2.19.